The third-order valence-corrected chi connectivity index (χ3v) is 7.83. The highest BCUT2D eigenvalue weighted by Gasteiger charge is 2.31. The summed E-state index contributed by atoms with van der Waals surface area (Å²) in [6.07, 6.45) is 5.47. The van der Waals surface area contributed by atoms with Crippen LogP contribution in [0.25, 0.3) is 5.76 Å². The van der Waals surface area contributed by atoms with Gasteiger partial charge in [0.15, 0.2) is 5.82 Å². The molecule has 0 aliphatic heterocycles. The zero-order valence-electron chi connectivity index (χ0n) is 11.2. The topological polar surface area (TPSA) is 35.0 Å². The van der Waals surface area contributed by atoms with Gasteiger partial charge in [-0.3, -0.25) is 0 Å². The molecule has 1 heterocycles. The monoisotopic (exact) mass is 250 g/mol. The summed E-state index contributed by atoms with van der Waals surface area (Å²) >= 11 is 0. The molecular weight excluding hydrogens is 228 g/mol. The molecule has 0 aromatic carbocycles. The Balaban J connectivity index is 2.91. The Morgan fingerprint density at radius 3 is 2.12 bits per heavy atom. The van der Waals surface area contributed by atoms with Crippen molar-refractivity contribution in [2.45, 2.75) is 45.8 Å². The van der Waals surface area contributed by atoms with Gasteiger partial charge in [0.2, 0.25) is 0 Å². The first-order valence-corrected chi connectivity index (χ1v) is 8.87. The van der Waals surface area contributed by atoms with Crippen LogP contribution in [-0.2, 0) is 4.43 Å². The lowest BCUT2D eigenvalue weighted by atomic mass is 10.4. The Bertz CT molecular complexity index is 353. The van der Waals surface area contributed by atoms with Gasteiger partial charge in [-0.2, -0.15) is 0 Å². The molecule has 1 aromatic heterocycles. The van der Waals surface area contributed by atoms with Crippen molar-refractivity contribution in [3.05, 3.63) is 30.4 Å². The van der Waals surface area contributed by atoms with Crippen LogP contribution in [0.3, 0.4) is 0 Å². The lowest BCUT2D eigenvalue weighted by molar-refractivity contribution is 0.484. The summed E-state index contributed by atoms with van der Waals surface area (Å²) in [4.78, 5) is 8.51. The molecule has 0 aliphatic rings. The van der Waals surface area contributed by atoms with Crippen molar-refractivity contribution in [3.63, 3.8) is 0 Å². The molecule has 0 saturated heterocycles. The number of aromatic nitrogens is 2. The van der Waals surface area contributed by atoms with Gasteiger partial charge in [0, 0.05) is 12.4 Å². The van der Waals surface area contributed by atoms with E-state index in [9.17, 15) is 0 Å². The van der Waals surface area contributed by atoms with Gasteiger partial charge in [-0.25, -0.2) is 9.97 Å². The molecule has 0 unspecified atom stereocenters. The van der Waals surface area contributed by atoms with Crippen molar-refractivity contribution in [2.75, 3.05) is 0 Å². The second-order valence-corrected chi connectivity index (χ2v) is 8.76. The summed E-state index contributed by atoms with van der Waals surface area (Å²) in [6.45, 7) is 8.64. The molecule has 0 bridgehead atoms. The lowest BCUT2D eigenvalue weighted by Crippen LogP contribution is -2.35. The van der Waals surface area contributed by atoms with E-state index in [-0.39, 0.29) is 0 Å². The second-order valence-electron chi connectivity index (χ2n) is 4.07. The van der Waals surface area contributed by atoms with E-state index in [1.54, 1.807) is 12.4 Å². The molecule has 0 aliphatic carbocycles. The summed E-state index contributed by atoms with van der Waals surface area (Å²) in [7, 11) is -1.63. The van der Waals surface area contributed by atoms with Crippen molar-refractivity contribution in [3.8, 4) is 0 Å². The molecule has 4 heteroatoms. The largest absolute Gasteiger partial charge is 0.541 e. The maximum atomic E-state index is 6.30. The zero-order chi connectivity index (χ0) is 12.7. The number of hydrogen-bond acceptors (Lipinski definition) is 3. The van der Waals surface area contributed by atoms with Gasteiger partial charge in [-0.15, -0.1) is 0 Å². The minimum atomic E-state index is -1.63. The maximum Gasteiger partial charge on any atom is 0.250 e. The van der Waals surface area contributed by atoms with Crippen LogP contribution in [0.4, 0.5) is 0 Å². The molecule has 0 amide bonds. The standard InChI is InChI=1S/C13H22N2OSi/c1-5-12(13-14-10-9-11-15-13)16-17(6-2,7-3)8-4/h5,9-11H,6-8H2,1-4H3/b12-5-. The lowest BCUT2D eigenvalue weighted by Gasteiger charge is -2.29. The van der Waals surface area contributed by atoms with E-state index in [1.165, 1.54) is 0 Å². The van der Waals surface area contributed by atoms with Gasteiger partial charge in [-0.05, 0) is 37.2 Å². The van der Waals surface area contributed by atoms with Gasteiger partial charge in [0.05, 0.1) is 0 Å². The normalized spacial score (nSPS) is 12.6. The molecular formula is C13H22N2OSi. The minimum absolute atomic E-state index is 0.697. The Morgan fingerprint density at radius 2 is 1.71 bits per heavy atom. The molecule has 0 saturated carbocycles. The van der Waals surface area contributed by atoms with E-state index in [2.05, 4.69) is 30.7 Å². The van der Waals surface area contributed by atoms with Crippen LogP contribution >= 0.6 is 0 Å². The predicted molar refractivity (Wildman–Crippen MR) is 74.0 cm³/mol. The summed E-state index contributed by atoms with van der Waals surface area (Å²) in [5.41, 5.74) is 0. The van der Waals surface area contributed by atoms with Crippen LogP contribution < -0.4 is 0 Å². The van der Waals surface area contributed by atoms with Gasteiger partial charge in [-0.1, -0.05) is 20.8 Å². The van der Waals surface area contributed by atoms with E-state index in [0.717, 1.165) is 23.9 Å². The van der Waals surface area contributed by atoms with Gasteiger partial charge >= 0.3 is 0 Å². The summed E-state index contributed by atoms with van der Waals surface area (Å²) in [5, 5.41) is 0. The molecule has 17 heavy (non-hydrogen) atoms. The van der Waals surface area contributed by atoms with Crippen LogP contribution in [-0.4, -0.2) is 18.3 Å². The third kappa shape index (κ3) is 3.39. The number of allylic oxidation sites excluding steroid dienone is 1. The molecule has 0 spiro atoms. The first-order chi connectivity index (χ1) is 8.21. The van der Waals surface area contributed by atoms with Crippen molar-refractivity contribution in [1.82, 2.24) is 9.97 Å². The van der Waals surface area contributed by atoms with Gasteiger partial charge in [0.1, 0.15) is 5.76 Å². The molecule has 3 nitrogen and oxygen atoms in total. The highest BCUT2D eigenvalue weighted by Crippen LogP contribution is 2.27. The first kappa shape index (κ1) is 13.9. The van der Waals surface area contributed by atoms with E-state index < -0.39 is 8.32 Å². The number of nitrogens with zero attached hydrogens (tertiary/aromatic N) is 2. The quantitative estimate of drug-likeness (QED) is 0.568. The smallest absolute Gasteiger partial charge is 0.250 e. The average Bonchev–Trinajstić information content (AvgIpc) is 2.42. The van der Waals surface area contributed by atoms with E-state index in [1.807, 2.05) is 19.1 Å². The summed E-state index contributed by atoms with van der Waals surface area (Å²) in [5.74, 6) is 1.53. The molecule has 1 rings (SSSR count). The molecule has 0 fully saturated rings. The molecule has 1 aromatic rings. The SMILES string of the molecule is C/C=C(\O[Si](CC)(CC)CC)c1ncccn1. The van der Waals surface area contributed by atoms with Crippen LogP contribution in [0.15, 0.2) is 24.5 Å². The first-order valence-electron chi connectivity index (χ1n) is 6.34. The highest BCUT2D eigenvalue weighted by molar-refractivity contribution is 6.74. The van der Waals surface area contributed by atoms with Crippen molar-refractivity contribution >= 4 is 14.1 Å². The fraction of sp³-hybridized carbons (Fsp3) is 0.538. The molecule has 94 valence electrons. The minimum Gasteiger partial charge on any atom is -0.541 e. The third-order valence-electron chi connectivity index (χ3n) is 3.31. The Kier molecular flexibility index (Phi) is 5.35. The van der Waals surface area contributed by atoms with Crippen molar-refractivity contribution in [1.29, 1.82) is 0 Å². The van der Waals surface area contributed by atoms with Crippen LogP contribution in [0.5, 0.6) is 0 Å². The van der Waals surface area contributed by atoms with Gasteiger partial charge < -0.3 is 4.43 Å². The second kappa shape index (κ2) is 6.54. The maximum absolute atomic E-state index is 6.30. The fourth-order valence-corrected chi connectivity index (χ4v) is 4.47. The summed E-state index contributed by atoms with van der Waals surface area (Å²) < 4.78 is 6.30. The van der Waals surface area contributed by atoms with Crippen LogP contribution in [0, 0.1) is 0 Å². The van der Waals surface area contributed by atoms with Crippen LogP contribution in [0.1, 0.15) is 33.5 Å². The Hall–Kier alpha value is -1.16. The average molecular weight is 250 g/mol. The van der Waals surface area contributed by atoms with E-state index in [0.29, 0.717) is 5.82 Å². The van der Waals surface area contributed by atoms with Crippen molar-refractivity contribution in [2.24, 2.45) is 0 Å². The summed E-state index contributed by atoms with van der Waals surface area (Å²) in [6, 6.07) is 5.21. The molecule has 0 N–H and O–H groups in total. The zero-order valence-corrected chi connectivity index (χ0v) is 12.2. The molecule has 0 radical (unpaired) electrons. The molecule has 0 atom stereocenters. The fourth-order valence-electron chi connectivity index (χ4n) is 1.86. The van der Waals surface area contributed by atoms with Crippen LogP contribution in [0.2, 0.25) is 18.1 Å². The number of hydrogen-bond donors (Lipinski definition) is 0. The van der Waals surface area contributed by atoms with E-state index in [4.69, 9.17) is 4.43 Å². The Labute approximate surface area is 105 Å². The van der Waals surface area contributed by atoms with Gasteiger partial charge in [0.25, 0.3) is 8.32 Å². The highest BCUT2D eigenvalue weighted by atomic mass is 28.4. The predicted octanol–water partition coefficient (Wildman–Crippen LogP) is 3.86. The Morgan fingerprint density at radius 1 is 1.18 bits per heavy atom. The van der Waals surface area contributed by atoms with Crippen molar-refractivity contribution < 1.29 is 4.43 Å². The van der Waals surface area contributed by atoms with E-state index >= 15 is 0 Å². The number of rotatable bonds is 6.